The van der Waals surface area contributed by atoms with Gasteiger partial charge in [-0.15, -0.1) is 0 Å². The molecule has 0 radical (unpaired) electrons. The fourth-order valence-electron chi connectivity index (χ4n) is 6.98. The second-order valence-electron chi connectivity index (χ2n) is 16.6. The lowest BCUT2D eigenvalue weighted by atomic mass is 9.80. The van der Waals surface area contributed by atoms with E-state index in [0.29, 0.717) is 6.42 Å². The zero-order valence-corrected chi connectivity index (χ0v) is 31.9. The number of amides is 4. The quantitative estimate of drug-likeness (QED) is 0.231. The zero-order chi connectivity index (χ0) is 36.9. The molecule has 0 spiro atoms. The molecule has 49 heavy (non-hydrogen) atoms. The highest BCUT2D eigenvalue weighted by Gasteiger charge is 2.46. The Kier molecular flexibility index (Phi) is 13.9. The van der Waals surface area contributed by atoms with Gasteiger partial charge in [0, 0.05) is 39.5 Å². The van der Waals surface area contributed by atoms with E-state index in [1.54, 1.807) is 0 Å². The van der Waals surface area contributed by atoms with E-state index in [1.165, 1.54) is 23.2 Å². The maximum atomic E-state index is 14.6. The Balaban J connectivity index is 1.89. The van der Waals surface area contributed by atoms with E-state index in [4.69, 9.17) is 4.74 Å². The average molecular weight is 712 g/mol. The van der Waals surface area contributed by atoms with Crippen LogP contribution in [0.25, 0.3) is 0 Å². The number of Topliss-reactive ketones (excluding diaryl/α,β-unsaturated/α-hetero) is 2. The van der Waals surface area contributed by atoms with Gasteiger partial charge in [0.05, 0.1) is 24.0 Å². The van der Waals surface area contributed by atoms with Gasteiger partial charge in [0.2, 0.25) is 27.6 Å². The minimum absolute atomic E-state index is 0.0407. The van der Waals surface area contributed by atoms with Crippen LogP contribution in [0.4, 0.5) is 4.79 Å². The molecule has 2 saturated carbocycles. The molecular formula is C35H61N5O8S. The van der Waals surface area contributed by atoms with Crippen LogP contribution in [0.1, 0.15) is 113 Å². The summed E-state index contributed by atoms with van der Waals surface area (Å²) in [6, 6.07) is -4.05. The molecule has 1 heterocycles. The van der Waals surface area contributed by atoms with Crippen LogP contribution in [0.5, 0.6) is 0 Å². The number of rotatable bonds is 14. The van der Waals surface area contributed by atoms with Crippen molar-refractivity contribution in [1.82, 2.24) is 25.2 Å². The summed E-state index contributed by atoms with van der Waals surface area (Å²) in [5.41, 5.74) is -1.06. The molecule has 3 fully saturated rings. The molecule has 0 aromatic carbocycles. The number of ketones is 2. The van der Waals surface area contributed by atoms with Crippen molar-refractivity contribution < 1.29 is 37.1 Å². The number of nitrogens with one attached hydrogen (secondary N) is 3. The molecule has 3 N–H and O–H groups in total. The van der Waals surface area contributed by atoms with Crippen molar-refractivity contribution in [2.75, 3.05) is 26.4 Å². The third-order valence-corrected chi connectivity index (χ3v) is 11.5. The van der Waals surface area contributed by atoms with Crippen molar-refractivity contribution in [2.45, 2.75) is 149 Å². The first-order chi connectivity index (χ1) is 22.6. The first-order valence-electron chi connectivity index (χ1n) is 17.9. The number of hydrogen-bond donors (Lipinski definition) is 3. The van der Waals surface area contributed by atoms with E-state index in [9.17, 15) is 32.4 Å². The lowest BCUT2D eigenvalue weighted by Crippen LogP contribution is -2.60. The normalized spacial score (nSPS) is 22.9. The second kappa shape index (κ2) is 16.6. The SMILES string of the molecule is CC(=O)C(=O)C(CC1CCC1)NC(=O)[C@@H]1CC(OC(C)(C)C)CN1C(=O)[C@@H](NC(=O)N[C@H](CN(C)S(C)(=O)=O)C(C)(C)C)C1CCCCC1. The Morgan fingerprint density at radius 1 is 0.898 bits per heavy atom. The molecule has 0 aromatic heterocycles. The van der Waals surface area contributed by atoms with Gasteiger partial charge in [0.1, 0.15) is 12.1 Å². The van der Waals surface area contributed by atoms with Gasteiger partial charge in [-0.25, -0.2) is 17.5 Å². The number of carbonyl (C=O) groups excluding carboxylic acids is 5. The topological polar surface area (TPSA) is 171 Å². The van der Waals surface area contributed by atoms with E-state index in [2.05, 4.69) is 16.0 Å². The van der Waals surface area contributed by atoms with Crippen molar-refractivity contribution in [3.8, 4) is 0 Å². The van der Waals surface area contributed by atoms with Crippen molar-refractivity contribution in [2.24, 2.45) is 17.3 Å². The van der Waals surface area contributed by atoms with E-state index in [0.717, 1.165) is 57.6 Å². The summed E-state index contributed by atoms with van der Waals surface area (Å²) in [4.78, 5) is 68.7. The molecule has 4 amide bonds. The summed E-state index contributed by atoms with van der Waals surface area (Å²) < 4.78 is 31.8. The van der Waals surface area contributed by atoms with Crippen molar-refractivity contribution >= 4 is 39.4 Å². The molecule has 14 heteroatoms. The molecule has 0 aromatic rings. The van der Waals surface area contributed by atoms with Crippen molar-refractivity contribution in [1.29, 1.82) is 0 Å². The highest BCUT2D eigenvalue weighted by molar-refractivity contribution is 7.88. The molecule has 280 valence electrons. The molecule has 1 saturated heterocycles. The van der Waals surface area contributed by atoms with Gasteiger partial charge >= 0.3 is 6.03 Å². The Morgan fingerprint density at radius 3 is 2.00 bits per heavy atom. The zero-order valence-electron chi connectivity index (χ0n) is 31.1. The highest BCUT2D eigenvalue weighted by Crippen LogP contribution is 2.33. The molecule has 2 aliphatic carbocycles. The number of carbonyl (C=O) groups is 5. The van der Waals surface area contributed by atoms with Crippen molar-refractivity contribution in [3.63, 3.8) is 0 Å². The molecular weight excluding hydrogens is 650 g/mol. The fraction of sp³-hybridized carbons (Fsp3) is 0.857. The molecule has 2 unspecified atom stereocenters. The number of hydrogen-bond acceptors (Lipinski definition) is 8. The van der Waals surface area contributed by atoms with E-state index in [1.807, 2.05) is 41.5 Å². The van der Waals surface area contributed by atoms with Gasteiger partial charge in [-0.05, 0) is 57.3 Å². The molecule has 3 aliphatic rings. The first kappa shape index (κ1) is 40.8. The Hall–Kier alpha value is -2.58. The van der Waals surface area contributed by atoms with Gasteiger partial charge in [-0.1, -0.05) is 59.3 Å². The number of nitrogens with zero attached hydrogens (tertiary/aromatic N) is 2. The Labute approximate surface area is 293 Å². The highest BCUT2D eigenvalue weighted by atomic mass is 32.2. The summed E-state index contributed by atoms with van der Waals surface area (Å²) in [7, 11) is -2.05. The van der Waals surface area contributed by atoms with E-state index < -0.39 is 80.7 Å². The van der Waals surface area contributed by atoms with Crippen LogP contribution in [-0.4, -0.2) is 109 Å². The smallest absolute Gasteiger partial charge is 0.315 e. The third-order valence-electron chi connectivity index (χ3n) is 10.2. The van der Waals surface area contributed by atoms with Gasteiger partial charge in [0.15, 0.2) is 5.78 Å². The predicted molar refractivity (Wildman–Crippen MR) is 187 cm³/mol. The number of urea groups is 1. The lowest BCUT2D eigenvalue weighted by molar-refractivity contribution is -0.143. The number of likely N-dealkylation sites (tertiary alicyclic amines) is 1. The molecule has 5 atom stereocenters. The summed E-state index contributed by atoms with van der Waals surface area (Å²) in [6.07, 6.45) is 8.40. The number of sulfonamides is 1. The van der Waals surface area contributed by atoms with Crippen LogP contribution in [0.2, 0.25) is 0 Å². The molecule has 13 nitrogen and oxygen atoms in total. The largest absolute Gasteiger partial charge is 0.371 e. The molecule has 3 rings (SSSR count). The van der Waals surface area contributed by atoms with Crippen LogP contribution in [-0.2, 0) is 33.9 Å². The van der Waals surface area contributed by atoms with Crippen LogP contribution in [0, 0.1) is 17.3 Å². The summed E-state index contributed by atoms with van der Waals surface area (Å²) in [5, 5.41) is 8.69. The number of ether oxygens (including phenoxy) is 1. The third kappa shape index (κ3) is 12.0. The Bertz CT molecular complexity index is 1310. The van der Waals surface area contributed by atoms with E-state index in [-0.39, 0.29) is 31.3 Å². The monoisotopic (exact) mass is 711 g/mol. The average Bonchev–Trinajstić information content (AvgIpc) is 3.37. The summed E-state index contributed by atoms with van der Waals surface area (Å²) in [6.45, 7) is 12.8. The van der Waals surface area contributed by atoms with Crippen LogP contribution in [0.15, 0.2) is 0 Å². The second-order valence-corrected chi connectivity index (χ2v) is 18.7. The minimum Gasteiger partial charge on any atom is -0.371 e. The first-order valence-corrected chi connectivity index (χ1v) is 19.7. The van der Waals surface area contributed by atoms with Gasteiger partial charge < -0.3 is 25.6 Å². The summed E-state index contributed by atoms with van der Waals surface area (Å²) in [5.74, 6) is -2.11. The molecule has 1 aliphatic heterocycles. The summed E-state index contributed by atoms with van der Waals surface area (Å²) >= 11 is 0. The Morgan fingerprint density at radius 2 is 1.51 bits per heavy atom. The van der Waals surface area contributed by atoms with Crippen LogP contribution < -0.4 is 16.0 Å². The van der Waals surface area contributed by atoms with Crippen LogP contribution in [0.3, 0.4) is 0 Å². The lowest BCUT2D eigenvalue weighted by Gasteiger charge is -2.37. The van der Waals surface area contributed by atoms with Gasteiger partial charge in [0.25, 0.3) is 0 Å². The standard InChI is InChI=1S/C35H61N5O8S/c1-22(41)30(42)26(18-23-14-13-15-23)36-31(43)27-19-25(48-35(5,6)7)20-40(27)32(44)29(24-16-11-10-12-17-24)38-33(45)37-28(34(2,3)4)21-39(8)49(9,46)47/h23-29H,10-21H2,1-9H3,(H,36,43)(H2,37,38,45)/t25?,26?,27-,28+,29-/m0/s1. The van der Waals surface area contributed by atoms with Crippen LogP contribution >= 0.6 is 0 Å². The van der Waals surface area contributed by atoms with Crippen molar-refractivity contribution in [3.05, 3.63) is 0 Å². The predicted octanol–water partition coefficient (Wildman–Crippen LogP) is 3.16. The minimum atomic E-state index is -3.50. The molecule has 0 bridgehead atoms. The number of likely N-dealkylation sites (N-methyl/N-ethyl adjacent to an activating group) is 1. The maximum Gasteiger partial charge on any atom is 0.315 e. The fourth-order valence-corrected chi connectivity index (χ4v) is 7.40. The maximum absolute atomic E-state index is 14.6. The van der Waals surface area contributed by atoms with Gasteiger partial charge in [-0.2, -0.15) is 0 Å². The van der Waals surface area contributed by atoms with E-state index >= 15 is 0 Å². The van der Waals surface area contributed by atoms with Gasteiger partial charge in [-0.3, -0.25) is 19.2 Å².